The monoisotopic (exact) mass is 404 g/mol. The summed E-state index contributed by atoms with van der Waals surface area (Å²) in [5.74, 6) is 0.286. The number of carbonyl (C=O) groups excluding carboxylic acids is 1. The summed E-state index contributed by atoms with van der Waals surface area (Å²) >= 11 is 0. The van der Waals surface area contributed by atoms with E-state index in [0.717, 1.165) is 0 Å². The van der Waals surface area contributed by atoms with Gasteiger partial charge >= 0.3 is 5.97 Å². The topological polar surface area (TPSA) is 115 Å². The number of hydrogen-bond donors (Lipinski definition) is 3. The van der Waals surface area contributed by atoms with E-state index in [1.54, 1.807) is 24.3 Å². The highest BCUT2D eigenvalue weighted by atomic mass is 16.5. The second kappa shape index (κ2) is 10.4. The Balaban J connectivity index is 2.23. The van der Waals surface area contributed by atoms with Gasteiger partial charge in [-0.3, -0.25) is 0 Å². The number of ether oxygens (including phenoxy) is 4. The number of carbonyl (C=O) groups is 1. The van der Waals surface area contributed by atoms with E-state index in [0.29, 0.717) is 22.6 Å². The number of phenols is 1. The minimum atomic E-state index is -1.20. The van der Waals surface area contributed by atoms with Gasteiger partial charge < -0.3 is 34.3 Å². The van der Waals surface area contributed by atoms with E-state index in [4.69, 9.17) is 14.2 Å². The van der Waals surface area contributed by atoms with E-state index in [1.165, 1.54) is 45.6 Å². The second-order valence-corrected chi connectivity index (χ2v) is 5.98. The number of phenolic OH excluding ortho intramolecular Hbond substituents is 1. The molecule has 0 aliphatic carbocycles. The van der Waals surface area contributed by atoms with Crippen molar-refractivity contribution in [3.63, 3.8) is 0 Å². The van der Waals surface area contributed by atoms with Crippen LogP contribution in [-0.2, 0) is 9.53 Å². The van der Waals surface area contributed by atoms with Gasteiger partial charge in [0, 0.05) is 6.08 Å². The lowest BCUT2D eigenvalue weighted by Gasteiger charge is -2.24. The zero-order valence-corrected chi connectivity index (χ0v) is 16.4. The summed E-state index contributed by atoms with van der Waals surface area (Å²) in [6.45, 7) is -0.475. The van der Waals surface area contributed by atoms with E-state index in [2.05, 4.69) is 4.74 Å². The molecule has 3 N–H and O–H groups in total. The van der Waals surface area contributed by atoms with Crippen LogP contribution < -0.4 is 14.2 Å². The molecule has 0 saturated heterocycles. The molecule has 0 saturated carbocycles. The Morgan fingerprint density at radius 3 is 2.38 bits per heavy atom. The van der Waals surface area contributed by atoms with Crippen molar-refractivity contribution in [2.45, 2.75) is 12.2 Å². The number of methoxy groups -OCH3 is 3. The van der Waals surface area contributed by atoms with Gasteiger partial charge in [0.25, 0.3) is 0 Å². The largest absolute Gasteiger partial charge is 0.504 e. The normalized spacial score (nSPS) is 13.0. The predicted octanol–water partition coefficient (Wildman–Crippen LogP) is 2.07. The summed E-state index contributed by atoms with van der Waals surface area (Å²) in [5, 5.41) is 30.0. The molecule has 156 valence electrons. The highest BCUT2D eigenvalue weighted by Gasteiger charge is 2.24. The molecule has 2 aromatic rings. The molecule has 0 unspecified atom stereocenters. The van der Waals surface area contributed by atoms with E-state index in [9.17, 15) is 20.1 Å². The maximum atomic E-state index is 11.2. The minimum absolute atomic E-state index is 0.0674. The van der Waals surface area contributed by atoms with E-state index < -0.39 is 24.8 Å². The highest BCUT2D eigenvalue weighted by Crippen LogP contribution is 2.34. The number of esters is 1. The van der Waals surface area contributed by atoms with Crippen LogP contribution in [0.25, 0.3) is 6.08 Å². The maximum absolute atomic E-state index is 11.2. The molecule has 2 aromatic carbocycles. The molecule has 8 nitrogen and oxygen atoms in total. The van der Waals surface area contributed by atoms with Gasteiger partial charge in [-0.15, -0.1) is 0 Å². The Morgan fingerprint density at radius 1 is 1.03 bits per heavy atom. The summed E-state index contributed by atoms with van der Waals surface area (Å²) < 4.78 is 20.7. The van der Waals surface area contributed by atoms with Crippen LogP contribution >= 0.6 is 0 Å². The Kier molecular flexibility index (Phi) is 7.88. The molecular weight excluding hydrogens is 380 g/mol. The fourth-order valence-electron chi connectivity index (χ4n) is 2.57. The molecule has 0 radical (unpaired) electrons. The van der Waals surface area contributed by atoms with Gasteiger partial charge in [-0.1, -0.05) is 12.1 Å². The van der Waals surface area contributed by atoms with Crippen LogP contribution in [0.15, 0.2) is 42.5 Å². The van der Waals surface area contributed by atoms with Crippen molar-refractivity contribution in [3.8, 4) is 23.0 Å². The van der Waals surface area contributed by atoms with Crippen LogP contribution in [0, 0.1) is 0 Å². The number of aliphatic hydroxyl groups excluding tert-OH is 2. The Bertz CT molecular complexity index is 862. The third kappa shape index (κ3) is 5.63. The number of aromatic hydroxyl groups is 1. The zero-order chi connectivity index (χ0) is 21.4. The SMILES string of the molecule is COC(=O)/C=C/c1ccc(O[C@H](CO)[C@H](O)c2ccc(O)c(OC)c2)c(OC)c1. The molecule has 29 heavy (non-hydrogen) atoms. The standard InChI is InChI=1S/C21H24O8/c1-26-17-11-14(6-7-15(17)23)21(25)19(12-22)29-16-8-4-13(10-18(16)27-2)5-9-20(24)28-3/h4-11,19,21-23,25H,12H2,1-3H3/b9-5+/t19-,21-/m1/s1. The van der Waals surface area contributed by atoms with Crippen molar-refractivity contribution in [3.05, 3.63) is 53.6 Å². The summed E-state index contributed by atoms with van der Waals surface area (Å²) in [6.07, 6.45) is 0.625. The third-order valence-electron chi connectivity index (χ3n) is 4.16. The Labute approximate surface area is 168 Å². The van der Waals surface area contributed by atoms with E-state index in [1.807, 2.05) is 0 Å². The first-order valence-corrected chi connectivity index (χ1v) is 8.70. The van der Waals surface area contributed by atoms with E-state index in [-0.39, 0.29) is 11.5 Å². The first kappa shape index (κ1) is 22.1. The molecule has 2 atom stereocenters. The molecule has 2 rings (SSSR count). The van der Waals surface area contributed by atoms with Crippen molar-refractivity contribution >= 4 is 12.0 Å². The van der Waals surface area contributed by atoms with E-state index >= 15 is 0 Å². The van der Waals surface area contributed by atoms with Crippen molar-refractivity contribution in [2.24, 2.45) is 0 Å². The van der Waals surface area contributed by atoms with Crippen LogP contribution in [-0.4, -0.2) is 55.3 Å². The molecule has 0 aliphatic heterocycles. The van der Waals surface area contributed by atoms with Gasteiger partial charge in [0.2, 0.25) is 0 Å². The van der Waals surface area contributed by atoms with Crippen molar-refractivity contribution in [1.82, 2.24) is 0 Å². The lowest BCUT2D eigenvalue weighted by atomic mass is 10.0. The summed E-state index contributed by atoms with van der Waals surface area (Å²) in [7, 11) is 4.13. The second-order valence-electron chi connectivity index (χ2n) is 5.98. The molecule has 0 bridgehead atoms. The molecule has 0 aliphatic rings. The van der Waals surface area contributed by atoms with Gasteiger partial charge in [0.05, 0.1) is 27.9 Å². The molecule has 0 fully saturated rings. The predicted molar refractivity (Wildman–Crippen MR) is 105 cm³/mol. The zero-order valence-electron chi connectivity index (χ0n) is 16.4. The van der Waals surface area contributed by atoms with Crippen molar-refractivity contribution in [2.75, 3.05) is 27.9 Å². The molecule has 0 aromatic heterocycles. The Hall–Kier alpha value is -3.23. The summed E-state index contributed by atoms with van der Waals surface area (Å²) in [4.78, 5) is 11.2. The minimum Gasteiger partial charge on any atom is -0.504 e. The molecule has 0 spiro atoms. The van der Waals surface area contributed by atoms with Gasteiger partial charge in [-0.25, -0.2) is 4.79 Å². The van der Waals surface area contributed by atoms with Gasteiger partial charge in [-0.2, -0.15) is 0 Å². The summed E-state index contributed by atoms with van der Waals surface area (Å²) in [5.41, 5.74) is 1.07. The average molecular weight is 404 g/mol. The third-order valence-corrected chi connectivity index (χ3v) is 4.16. The molecule has 0 heterocycles. The molecular formula is C21H24O8. The Morgan fingerprint density at radius 2 is 1.76 bits per heavy atom. The molecule has 0 amide bonds. The maximum Gasteiger partial charge on any atom is 0.330 e. The first-order valence-electron chi connectivity index (χ1n) is 8.70. The van der Waals surface area contributed by atoms with Crippen LogP contribution in [0.1, 0.15) is 17.2 Å². The first-order chi connectivity index (χ1) is 13.9. The molecule has 8 heteroatoms. The van der Waals surface area contributed by atoms with Crippen LogP contribution in [0.5, 0.6) is 23.0 Å². The smallest absolute Gasteiger partial charge is 0.330 e. The van der Waals surface area contributed by atoms with Gasteiger partial charge in [0.1, 0.15) is 6.10 Å². The average Bonchev–Trinajstić information content (AvgIpc) is 2.75. The quantitative estimate of drug-likeness (QED) is 0.430. The van der Waals surface area contributed by atoms with Crippen LogP contribution in [0.3, 0.4) is 0 Å². The fraction of sp³-hybridized carbons (Fsp3) is 0.286. The van der Waals surface area contributed by atoms with Crippen LogP contribution in [0.4, 0.5) is 0 Å². The fourth-order valence-corrected chi connectivity index (χ4v) is 2.57. The highest BCUT2D eigenvalue weighted by molar-refractivity contribution is 5.87. The van der Waals surface area contributed by atoms with Crippen molar-refractivity contribution in [1.29, 1.82) is 0 Å². The number of benzene rings is 2. The lowest BCUT2D eigenvalue weighted by molar-refractivity contribution is -0.134. The number of hydrogen-bond acceptors (Lipinski definition) is 8. The van der Waals surface area contributed by atoms with Gasteiger partial charge in [0.15, 0.2) is 29.1 Å². The van der Waals surface area contributed by atoms with Crippen LogP contribution in [0.2, 0.25) is 0 Å². The van der Waals surface area contributed by atoms with Gasteiger partial charge in [-0.05, 0) is 41.5 Å². The van der Waals surface area contributed by atoms with Crippen molar-refractivity contribution < 1.29 is 39.1 Å². The summed E-state index contributed by atoms with van der Waals surface area (Å²) in [6, 6.07) is 9.27. The number of rotatable bonds is 9. The number of aliphatic hydroxyl groups is 2. The lowest BCUT2D eigenvalue weighted by Crippen LogP contribution is -2.29.